The van der Waals surface area contributed by atoms with E-state index >= 15 is 0 Å². The smallest absolute Gasteiger partial charge is 0.291 e. The van der Waals surface area contributed by atoms with E-state index < -0.39 is 0 Å². The van der Waals surface area contributed by atoms with Crippen LogP contribution in [0.2, 0.25) is 0 Å². The van der Waals surface area contributed by atoms with Crippen molar-refractivity contribution >= 4 is 11.6 Å². The highest BCUT2D eigenvalue weighted by Crippen LogP contribution is 2.17. The van der Waals surface area contributed by atoms with Gasteiger partial charge in [0.15, 0.2) is 5.65 Å². The summed E-state index contributed by atoms with van der Waals surface area (Å²) in [5, 5.41) is 7.27. The van der Waals surface area contributed by atoms with Crippen molar-refractivity contribution in [2.75, 3.05) is 13.2 Å². The van der Waals surface area contributed by atoms with Crippen LogP contribution in [0.3, 0.4) is 0 Å². The summed E-state index contributed by atoms with van der Waals surface area (Å²) >= 11 is 0. The number of benzene rings is 1. The second-order valence-electron chi connectivity index (χ2n) is 6.80. The molecule has 2 aromatic heterocycles. The number of fused-ring (bicyclic) bond motifs is 1. The molecule has 0 spiro atoms. The molecule has 0 aliphatic carbocycles. The first-order valence-electron chi connectivity index (χ1n) is 9.65. The van der Waals surface area contributed by atoms with Gasteiger partial charge in [0, 0.05) is 12.5 Å². The average Bonchev–Trinajstić information content (AvgIpc) is 3.13. The van der Waals surface area contributed by atoms with E-state index in [-0.39, 0.29) is 17.8 Å². The number of hydrogen-bond acceptors (Lipinski definition) is 5. The van der Waals surface area contributed by atoms with Gasteiger partial charge in [0.25, 0.3) is 5.91 Å². The van der Waals surface area contributed by atoms with Crippen LogP contribution >= 0.6 is 0 Å². The van der Waals surface area contributed by atoms with Crippen LogP contribution in [0.15, 0.2) is 42.6 Å². The molecule has 1 amide bonds. The summed E-state index contributed by atoms with van der Waals surface area (Å²) in [6, 6.07) is 12.1. The van der Waals surface area contributed by atoms with Crippen LogP contribution in [-0.2, 0) is 6.42 Å². The average molecular weight is 381 g/mol. The zero-order chi connectivity index (χ0) is 19.9. The molecule has 0 aliphatic rings. The van der Waals surface area contributed by atoms with Gasteiger partial charge in [-0.05, 0) is 43.5 Å². The lowest BCUT2D eigenvalue weighted by atomic mass is 10.1. The molecule has 0 radical (unpaired) electrons. The van der Waals surface area contributed by atoms with Crippen molar-refractivity contribution in [2.45, 2.75) is 39.2 Å². The molecule has 0 saturated carbocycles. The molecule has 1 unspecified atom stereocenters. The van der Waals surface area contributed by atoms with E-state index in [2.05, 4.69) is 27.5 Å². The number of ether oxygens (including phenoxy) is 1. The highest BCUT2D eigenvalue weighted by atomic mass is 16.5. The maximum atomic E-state index is 12.5. The lowest BCUT2D eigenvalue weighted by Gasteiger charge is -2.14. The molecule has 28 heavy (non-hydrogen) atoms. The Morgan fingerprint density at radius 3 is 2.82 bits per heavy atom. The van der Waals surface area contributed by atoms with Crippen molar-refractivity contribution in [1.29, 1.82) is 0 Å². The first kappa shape index (κ1) is 19.8. The van der Waals surface area contributed by atoms with Crippen molar-refractivity contribution in [3.05, 3.63) is 59.5 Å². The summed E-state index contributed by atoms with van der Waals surface area (Å²) in [7, 11) is 0. The van der Waals surface area contributed by atoms with Gasteiger partial charge in [-0.25, -0.2) is 9.50 Å². The minimum Gasteiger partial charge on any atom is -0.492 e. The van der Waals surface area contributed by atoms with Crippen LogP contribution in [0, 0.1) is 6.92 Å². The summed E-state index contributed by atoms with van der Waals surface area (Å²) in [5.41, 5.74) is 8.37. The number of nitrogens with one attached hydrogen (secondary N) is 1. The van der Waals surface area contributed by atoms with Gasteiger partial charge in [0.05, 0.1) is 12.8 Å². The van der Waals surface area contributed by atoms with Crippen LogP contribution in [0.25, 0.3) is 5.65 Å². The number of aromatic nitrogens is 3. The Bertz CT molecular complexity index is 923. The van der Waals surface area contributed by atoms with Gasteiger partial charge in [-0.2, -0.15) is 0 Å². The maximum Gasteiger partial charge on any atom is 0.291 e. The van der Waals surface area contributed by atoms with Crippen molar-refractivity contribution in [1.82, 2.24) is 19.9 Å². The maximum absolute atomic E-state index is 12.5. The van der Waals surface area contributed by atoms with E-state index in [0.717, 1.165) is 24.8 Å². The van der Waals surface area contributed by atoms with E-state index in [1.807, 2.05) is 38.1 Å². The minimum atomic E-state index is -0.282. The molecule has 7 nitrogen and oxygen atoms in total. The van der Waals surface area contributed by atoms with Gasteiger partial charge in [-0.15, -0.1) is 5.10 Å². The van der Waals surface area contributed by atoms with Gasteiger partial charge in [-0.3, -0.25) is 4.79 Å². The number of nitrogens with two attached hydrogens (primary N) is 1. The molecular formula is C21H27N5O2. The standard InChI is InChI=1S/C21H27N5O2/c1-3-17(9-11-22)23-21(27)19-24-20-15(2)13-18(14-26(20)25-19)28-12-10-16-7-5-4-6-8-16/h4-8,13-14,17H,3,9-12,22H2,1-2H3,(H,23,27). The molecule has 148 valence electrons. The summed E-state index contributed by atoms with van der Waals surface area (Å²) in [6.45, 7) is 5.04. The van der Waals surface area contributed by atoms with Crippen molar-refractivity contribution in [3.63, 3.8) is 0 Å². The predicted octanol–water partition coefficient (Wildman–Crippen LogP) is 2.52. The number of aryl methyl sites for hydroxylation is 1. The Kier molecular flexibility index (Phi) is 6.60. The summed E-state index contributed by atoms with van der Waals surface area (Å²) < 4.78 is 7.48. The second-order valence-corrected chi connectivity index (χ2v) is 6.80. The number of amides is 1. The molecule has 0 fully saturated rings. The number of rotatable bonds is 9. The summed E-state index contributed by atoms with van der Waals surface area (Å²) in [4.78, 5) is 16.8. The van der Waals surface area contributed by atoms with E-state index in [0.29, 0.717) is 24.5 Å². The Hall–Kier alpha value is -2.93. The fourth-order valence-electron chi connectivity index (χ4n) is 3.05. The van der Waals surface area contributed by atoms with E-state index in [1.54, 1.807) is 10.7 Å². The number of carbonyl (C=O) groups excluding carboxylic acids is 1. The number of carbonyl (C=O) groups is 1. The number of hydrogen-bond donors (Lipinski definition) is 2. The van der Waals surface area contributed by atoms with Crippen molar-refractivity contribution < 1.29 is 9.53 Å². The first-order chi connectivity index (χ1) is 13.6. The topological polar surface area (TPSA) is 94.5 Å². The van der Waals surface area contributed by atoms with Crippen LogP contribution < -0.4 is 15.8 Å². The molecule has 3 rings (SSSR count). The molecule has 0 aliphatic heterocycles. The second kappa shape index (κ2) is 9.32. The van der Waals surface area contributed by atoms with E-state index in [9.17, 15) is 4.79 Å². The summed E-state index contributed by atoms with van der Waals surface area (Å²) in [6.07, 6.45) is 4.12. The molecule has 3 N–H and O–H groups in total. The fourth-order valence-corrected chi connectivity index (χ4v) is 3.05. The molecule has 2 heterocycles. The lowest BCUT2D eigenvalue weighted by Crippen LogP contribution is -2.36. The van der Waals surface area contributed by atoms with Gasteiger partial charge < -0.3 is 15.8 Å². The van der Waals surface area contributed by atoms with Crippen LogP contribution in [-0.4, -0.2) is 39.7 Å². The molecule has 7 heteroatoms. The summed E-state index contributed by atoms with van der Waals surface area (Å²) in [5.74, 6) is 0.572. The Morgan fingerprint density at radius 2 is 2.11 bits per heavy atom. The van der Waals surface area contributed by atoms with Gasteiger partial charge in [0.2, 0.25) is 5.82 Å². The number of nitrogens with zero attached hydrogens (tertiary/aromatic N) is 3. The molecular weight excluding hydrogens is 354 g/mol. The van der Waals surface area contributed by atoms with E-state index in [1.165, 1.54) is 5.56 Å². The molecule has 0 saturated heterocycles. The van der Waals surface area contributed by atoms with Gasteiger partial charge >= 0.3 is 0 Å². The third-order valence-corrected chi connectivity index (χ3v) is 4.64. The molecule has 3 aromatic rings. The lowest BCUT2D eigenvalue weighted by molar-refractivity contribution is 0.0924. The minimum absolute atomic E-state index is 0.0297. The van der Waals surface area contributed by atoms with Crippen LogP contribution in [0.1, 0.15) is 41.5 Å². The molecule has 0 bridgehead atoms. The zero-order valence-electron chi connectivity index (χ0n) is 16.4. The Labute approximate surface area is 164 Å². The monoisotopic (exact) mass is 381 g/mol. The van der Waals surface area contributed by atoms with Crippen LogP contribution in [0.5, 0.6) is 5.75 Å². The first-order valence-corrected chi connectivity index (χ1v) is 9.65. The largest absolute Gasteiger partial charge is 0.492 e. The van der Waals surface area contributed by atoms with Crippen LogP contribution in [0.4, 0.5) is 0 Å². The highest BCUT2D eigenvalue weighted by molar-refractivity contribution is 5.91. The molecule has 1 atom stereocenters. The normalized spacial score (nSPS) is 12.1. The predicted molar refractivity (Wildman–Crippen MR) is 109 cm³/mol. The molecule has 1 aromatic carbocycles. The van der Waals surface area contributed by atoms with E-state index in [4.69, 9.17) is 10.5 Å². The van der Waals surface area contributed by atoms with Gasteiger partial charge in [-0.1, -0.05) is 37.3 Å². The van der Waals surface area contributed by atoms with Crippen molar-refractivity contribution in [2.24, 2.45) is 5.73 Å². The third-order valence-electron chi connectivity index (χ3n) is 4.64. The highest BCUT2D eigenvalue weighted by Gasteiger charge is 2.17. The quantitative estimate of drug-likeness (QED) is 0.594. The zero-order valence-corrected chi connectivity index (χ0v) is 16.4. The number of pyridine rings is 1. The fraction of sp³-hybridized carbons (Fsp3) is 0.381. The van der Waals surface area contributed by atoms with Gasteiger partial charge in [0.1, 0.15) is 5.75 Å². The SMILES string of the molecule is CCC(CCN)NC(=O)c1nc2c(C)cc(OCCc3ccccc3)cn2n1. The Morgan fingerprint density at radius 1 is 1.32 bits per heavy atom. The van der Waals surface area contributed by atoms with Crippen molar-refractivity contribution in [3.8, 4) is 5.75 Å². The third kappa shape index (κ3) is 4.86. The Balaban J connectivity index is 1.69.